The molecule has 2 aromatic carbocycles. The summed E-state index contributed by atoms with van der Waals surface area (Å²) in [6, 6.07) is 16.2. The van der Waals surface area contributed by atoms with Gasteiger partial charge in [0, 0.05) is 18.8 Å². The molecule has 0 amide bonds. The van der Waals surface area contributed by atoms with E-state index in [9.17, 15) is 4.79 Å². The molecule has 1 saturated heterocycles. The van der Waals surface area contributed by atoms with Crippen LogP contribution in [0.2, 0.25) is 0 Å². The highest BCUT2D eigenvalue weighted by Gasteiger charge is 2.26. The second-order valence-electron chi connectivity index (χ2n) is 7.52. The van der Waals surface area contributed by atoms with Gasteiger partial charge in [-0.1, -0.05) is 12.1 Å². The van der Waals surface area contributed by atoms with Crippen LogP contribution in [0, 0.1) is 10.7 Å². The van der Waals surface area contributed by atoms with E-state index < -0.39 is 0 Å². The van der Waals surface area contributed by atoms with Crippen molar-refractivity contribution >= 4 is 29.2 Å². The molecule has 7 heteroatoms. The summed E-state index contributed by atoms with van der Waals surface area (Å²) < 4.78 is 15.5. The first-order valence-electron chi connectivity index (χ1n) is 10.4. The molecule has 3 aromatic rings. The monoisotopic (exact) mass is 425 g/mol. The summed E-state index contributed by atoms with van der Waals surface area (Å²) in [5, 5.41) is 0. The summed E-state index contributed by atoms with van der Waals surface area (Å²) in [6.07, 6.45) is 1.65. The SMILES string of the molecule is CCOC(=O)C1CCN(Cn2c(=S)n(-c3ccc(OC)cc3)c3ccccc32)CC1. The molecule has 30 heavy (non-hydrogen) atoms. The summed E-state index contributed by atoms with van der Waals surface area (Å²) in [5.74, 6) is 0.762. The molecular formula is C23H27N3O3S. The number of benzene rings is 2. The molecule has 158 valence electrons. The lowest BCUT2D eigenvalue weighted by atomic mass is 9.97. The van der Waals surface area contributed by atoms with E-state index >= 15 is 0 Å². The molecule has 1 aliphatic rings. The standard InChI is InChI=1S/C23H27N3O3S/c1-3-29-22(27)17-12-14-24(15-13-17)16-25-20-6-4-5-7-21(20)26(23(25)30)18-8-10-19(28-2)11-9-18/h4-11,17H,3,12-16H2,1-2H3. The Kier molecular flexibility index (Phi) is 6.20. The van der Waals surface area contributed by atoms with Crippen LogP contribution in [0.1, 0.15) is 19.8 Å². The van der Waals surface area contributed by atoms with Gasteiger partial charge in [-0.2, -0.15) is 0 Å². The van der Waals surface area contributed by atoms with Crippen molar-refractivity contribution in [1.82, 2.24) is 14.0 Å². The minimum Gasteiger partial charge on any atom is -0.497 e. The Hall–Kier alpha value is -2.64. The van der Waals surface area contributed by atoms with E-state index in [0.717, 1.165) is 53.2 Å². The first kappa shape index (κ1) is 20.6. The van der Waals surface area contributed by atoms with Gasteiger partial charge < -0.3 is 14.0 Å². The van der Waals surface area contributed by atoms with Crippen molar-refractivity contribution in [2.45, 2.75) is 26.4 Å². The number of ether oxygens (including phenoxy) is 2. The maximum absolute atomic E-state index is 12.0. The number of methoxy groups -OCH3 is 1. The Bertz CT molecular complexity index is 1080. The predicted octanol–water partition coefficient (Wildman–Crippen LogP) is 4.40. The second kappa shape index (κ2) is 9.02. The molecule has 0 unspecified atom stereocenters. The summed E-state index contributed by atoms with van der Waals surface area (Å²) in [5.41, 5.74) is 3.19. The molecular weight excluding hydrogens is 398 g/mol. The number of carbonyl (C=O) groups is 1. The Labute approximate surface area is 181 Å². The third-order valence-electron chi connectivity index (χ3n) is 5.72. The third-order valence-corrected chi connectivity index (χ3v) is 6.12. The Morgan fingerprint density at radius 3 is 2.37 bits per heavy atom. The minimum absolute atomic E-state index is 0.00909. The number of piperidine rings is 1. The summed E-state index contributed by atoms with van der Waals surface area (Å²) >= 11 is 5.90. The van der Waals surface area contributed by atoms with E-state index in [1.54, 1.807) is 7.11 Å². The highest BCUT2D eigenvalue weighted by molar-refractivity contribution is 7.71. The first-order valence-corrected chi connectivity index (χ1v) is 10.8. The van der Waals surface area contributed by atoms with E-state index in [4.69, 9.17) is 21.7 Å². The third kappa shape index (κ3) is 4.00. The fraction of sp³-hybridized carbons (Fsp3) is 0.391. The lowest BCUT2D eigenvalue weighted by Crippen LogP contribution is -2.38. The van der Waals surface area contributed by atoms with E-state index in [1.165, 1.54) is 0 Å². The van der Waals surface area contributed by atoms with Gasteiger partial charge >= 0.3 is 5.97 Å². The number of likely N-dealkylation sites (tertiary alicyclic amines) is 1. The number of aromatic nitrogens is 2. The fourth-order valence-corrected chi connectivity index (χ4v) is 4.46. The van der Waals surface area contributed by atoms with Gasteiger partial charge in [0.2, 0.25) is 0 Å². The Balaban J connectivity index is 1.60. The quantitative estimate of drug-likeness (QED) is 0.433. The van der Waals surface area contributed by atoms with Crippen molar-refractivity contribution < 1.29 is 14.3 Å². The van der Waals surface area contributed by atoms with Gasteiger partial charge in [-0.25, -0.2) is 0 Å². The van der Waals surface area contributed by atoms with Crippen molar-refractivity contribution in [3.8, 4) is 11.4 Å². The van der Waals surface area contributed by atoms with Gasteiger partial charge in [0.25, 0.3) is 0 Å². The van der Waals surface area contributed by atoms with Crippen LogP contribution < -0.4 is 4.74 Å². The smallest absolute Gasteiger partial charge is 0.309 e. The zero-order valence-corrected chi connectivity index (χ0v) is 18.2. The van der Waals surface area contributed by atoms with Crippen LogP contribution in [0.15, 0.2) is 48.5 Å². The maximum Gasteiger partial charge on any atom is 0.309 e. The number of hydrogen-bond acceptors (Lipinski definition) is 5. The molecule has 0 aliphatic carbocycles. The molecule has 0 spiro atoms. The van der Waals surface area contributed by atoms with E-state index in [2.05, 4.69) is 26.2 Å². The second-order valence-corrected chi connectivity index (χ2v) is 7.88. The first-order chi connectivity index (χ1) is 14.6. The normalized spacial score (nSPS) is 15.4. The van der Waals surface area contributed by atoms with Crippen molar-refractivity contribution in [2.75, 3.05) is 26.8 Å². The maximum atomic E-state index is 12.0. The van der Waals surface area contributed by atoms with Crippen molar-refractivity contribution in [1.29, 1.82) is 0 Å². The van der Waals surface area contributed by atoms with Crippen LogP contribution in [-0.2, 0) is 16.2 Å². The highest BCUT2D eigenvalue weighted by atomic mass is 32.1. The molecule has 0 bridgehead atoms. The topological polar surface area (TPSA) is 48.6 Å². The van der Waals surface area contributed by atoms with E-state index in [-0.39, 0.29) is 11.9 Å². The molecule has 1 fully saturated rings. The van der Waals surface area contributed by atoms with Crippen LogP contribution in [-0.4, -0.2) is 46.8 Å². The van der Waals surface area contributed by atoms with Crippen molar-refractivity contribution in [3.63, 3.8) is 0 Å². The molecule has 0 radical (unpaired) electrons. The van der Waals surface area contributed by atoms with Gasteiger partial charge in [-0.15, -0.1) is 0 Å². The molecule has 6 nitrogen and oxygen atoms in total. The van der Waals surface area contributed by atoms with Crippen molar-refractivity contribution in [2.24, 2.45) is 5.92 Å². The number of fused-ring (bicyclic) bond motifs is 1. The summed E-state index contributed by atoms with van der Waals surface area (Å²) in [6.45, 7) is 4.71. The zero-order chi connectivity index (χ0) is 21.1. The van der Waals surface area contributed by atoms with Crippen LogP contribution in [0.5, 0.6) is 5.75 Å². The summed E-state index contributed by atoms with van der Waals surface area (Å²) in [7, 11) is 1.66. The number of imidazole rings is 1. The van der Waals surface area contributed by atoms with E-state index in [1.807, 2.05) is 43.3 Å². The van der Waals surface area contributed by atoms with Crippen LogP contribution in [0.25, 0.3) is 16.7 Å². The minimum atomic E-state index is -0.0649. The fourth-order valence-electron chi connectivity index (χ4n) is 4.10. The number of carbonyl (C=O) groups excluding carboxylic acids is 1. The summed E-state index contributed by atoms with van der Waals surface area (Å²) in [4.78, 5) is 14.4. The molecule has 0 N–H and O–H groups in total. The van der Waals surface area contributed by atoms with Gasteiger partial charge in [-0.05, 0) is 68.4 Å². The Morgan fingerprint density at radius 2 is 1.73 bits per heavy atom. The average Bonchev–Trinajstić information content (AvgIpc) is 3.06. The molecule has 4 rings (SSSR count). The molecule has 0 saturated carbocycles. The van der Waals surface area contributed by atoms with Gasteiger partial charge in [0.1, 0.15) is 5.75 Å². The molecule has 2 heterocycles. The highest BCUT2D eigenvalue weighted by Crippen LogP contribution is 2.26. The lowest BCUT2D eigenvalue weighted by Gasteiger charge is -2.31. The van der Waals surface area contributed by atoms with Gasteiger partial charge in [0.15, 0.2) is 4.77 Å². The lowest BCUT2D eigenvalue weighted by molar-refractivity contribution is -0.149. The number of rotatable bonds is 6. The van der Waals surface area contributed by atoms with Crippen molar-refractivity contribution in [3.05, 3.63) is 53.3 Å². The molecule has 0 atom stereocenters. The van der Waals surface area contributed by atoms with Gasteiger partial charge in [-0.3, -0.25) is 14.3 Å². The largest absolute Gasteiger partial charge is 0.497 e. The van der Waals surface area contributed by atoms with E-state index in [0.29, 0.717) is 13.3 Å². The average molecular weight is 426 g/mol. The van der Waals surface area contributed by atoms with Crippen LogP contribution in [0.3, 0.4) is 0 Å². The van der Waals surface area contributed by atoms with Crippen LogP contribution >= 0.6 is 12.2 Å². The number of para-hydroxylation sites is 2. The van der Waals surface area contributed by atoms with Gasteiger partial charge in [0.05, 0.1) is 37.3 Å². The number of nitrogens with zero attached hydrogens (tertiary/aromatic N) is 3. The number of hydrogen-bond donors (Lipinski definition) is 0. The molecule has 1 aliphatic heterocycles. The van der Waals surface area contributed by atoms with Crippen LogP contribution in [0.4, 0.5) is 0 Å². The number of esters is 1. The predicted molar refractivity (Wildman–Crippen MR) is 120 cm³/mol. The zero-order valence-electron chi connectivity index (χ0n) is 17.4. The molecule has 1 aromatic heterocycles. The Morgan fingerprint density at radius 1 is 1.07 bits per heavy atom.